The molecule has 0 saturated carbocycles. The van der Waals surface area contributed by atoms with Crippen LogP contribution in [0.1, 0.15) is 30.0 Å². The molecule has 1 aromatic heterocycles. The molecule has 118 valence electrons. The second-order valence-corrected chi connectivity index (χ2v) is 5.82. The van der Waals surface area contributed by atoms with E-state index in [2.05, 4.69) is 71.3 Å². The summed E-state index contributed by atoms with van der Waals surface area (Å²) in [7, 11) is 2.06. The maximum atomic E-state index is 5.74. The van der Waals surface area contributed by atoms with E-state index < -0.39 is 0 Å². The van der Waals surface area contributed by atoms with Crippen molar-refractivity contribution in [3.63, 3.8) is 0 Å². The standard InChI is InChI=1S/C19H22N4/c1-13(17-10-6-8-15-7-4-5-9-18(15)17)23(3)19-11-16(12-20)21-14(2)22-19/h4-11,13H,12,20H2,1-3H3/t13-/m1/s1. The highest BCUT2D eigenvalue weighted by Gasteiger charge is 2.16. The maximum Gasteiger partial charge on any atom is 0.132 e. The van der Waals surface area contributed by atoms with E-state index >= 15 is 0 Å². The van der Waals surface area contributed by atoms with E-state index in [-0.39, 0.29) is 6.04 Å². The first kappa shape index (κ1) is 15.4. The van der Waals surface area contributed by atoms with Crippen molar-refractivity contribution in [1.29, 1.82) is 0 Å². The molecule has 0 bridgehead atoms. The van der Waals surface area contributed by atoms with Crippen molar-refractivity contribution in [2.75, 3.05) is 11.9 Å². The summed E-state index contributed by atoms with van der Waals surface area (Å²) in [5, 5.41) is 2.53. The third-order valence-corrected chi connectivity index (χ3v) is 4.30. The Morgan fingerprint density at radius 1 is 1.09 bits per heavy atom. The first-order valence-corrected chi connectivity index (χ1v) is 7.85. The number of hydrogen-bond donors (Lipinski definition) is 1. The van der Waals surface area contributed by atoms with E-state index in [1.54, 1.807) is 0 Å². The monoisotopic (exact) mass is 306 g/mol. The van der Waals surface area contributed by atoms with E-state index in [1.807, 2.05) is 13.0 Å². The largest absolute Gasteiger partial charge is 0.353 e. The van der Waals surface area contributed by atoms with Crippen LogP contribution in [0.15, 0.2) is 48.5 Å². The molecule has 23 heavy (non-hydrogen) atoms. The highest BCUT2D eigenvalue weighted by atomic mass is 15.2. The first-order chi connectivity index (χ1) is 11.1. The summed E-state index contributed by atoms with van der Waals surface area (Å²) in [4.78, 5) is 11.1. The van der Waals surface area contributed by atoms with Crippen LogP contribution in [0.4, 0.5) is 5.82 Å². The van der Waals surface area contributed by atoms with E-state index in [0.29, 0.717) is 6.54 Å². The molecule has 1 heterocycles. The van der Waals surface area contributed by atoms with Crippen molar-refractivity contribution in [2.24, 2.45) is 5.73 Å². The predicted molar refractivity (Wildman–Crippen MR) is 95.4 cm³/mol. The molecule has 0 fully saturated rings. The minimum atomic E-state index is 0.195. The summed E-state index contributed by atoms with van der Waals surface area (Å²) in [5.41, 5.74) is 7.89. The zero-order valence-electron chi connectivity index (χ0n) is 13.8. The molecule has 3 aromatic rings. The van der Waals surface area contributed by atoms with Crippen LogP contribution in [-0.2, 0) is 6.54 Å². The molecule has 0 spiro atoms. The second kappa shape index (κ2) is 6.34. The average molecular weight is 306 g/mol. The van der Waals surface area contributed by atoms with Crippen LogP contribution in [0.25, 0.3) is 10.8 Å². The van der Waals surface area contributed by atoms with Crippen molar-refractivity contribution in [2.45, 2.75) is 26.4 Å². The first-order valence-electron chi connectivity index (χ1n) is 7.85. The van der Waals surface area contributed by atoms with E-state index in [9.17, 15) is 0 Å². The van der Waals surface area contributed by atoms with Crippen LogP contribution in [0.5, 0.6) is 0 Å². The van der Waals surface area contributed by atoms with Gasteiger partial charge in [0, 0.05) is 19.7 Å². The van der Waals surface area contributed by atoms with Gasteiger partial charge in [0.05, 0.1) is 11.7 Å². The molecule has 0 aliphatic carbocycles. The number of benzene rings is 2. The molecule has 0 amide bonds. The van der Waals surface area contributed by atoms with Gasteiger partial charge in [0.2, 0.25) is 0 Å². The summed E-state index contributed by atoms with van der Waals surface area (Å²) < 4.78 is 0. The third-order valence-electron chi connectivity index (χ3n) is 4.30. The summed E-state index contributed by atoms with van der Waals surface area (Å²) in [6, 6.07) is 17.1. The molecule has 4 nitrogen and oxygen atoms in total. The second-order valence-electron chi connectivity index (χ2n) is 5.82. The number of nitrogens with two attached hydrogens (primary N) is 1. The van der Waals surface area contributed by atoms with Crippen molar-refractivity contribution in [1.82, 2.24) is 9.97 Å². The Balaban J connectivity index is 2.01. The topological polar surface area (TPSA) is 55.0 Å². The Morgan fingerprint density at radius 2 is 1.83 bits per heavy atom. The van der Waals surface area contributed by atoms with Crippen LogP contribution in [0, 0.1) is 6.92 Å². The lowest BCUT2D eigenvalue weighted by Crippen LogP contribution is -2.23. The van der Waals surface area contributed by atoms with Crippen LogP contribution in [-0.4, -0.2) is 17.0 Å². The molecular formula is C19H22N4. The van der Waals surface area contributed by atoms with Gasteiger partial charge in [0.1, 0.15) is 11.6 Å². The molecular weight excluding hydrogens is 284 g/mol. The lowest BCUT2D eigenvalue weighted by molar-refractivity contribution is 0.726. The lowest BCUT2D eigenvalue weighted by atomic mass is 9.99. The van der Waals surface area contributed by atoms with Gasteiger partial charge in [-0.15, -0.1) is 0 Å². The SMILES string of the molecule is Cc1nc(CN)cc(N(C)[C@H](C)c2cccc3ccccc23)n1. The highest BCUT2D eigenvalue weighted by Crippen LogP contribution is 2.29. The molecule has 0 radical (unpaired) electrons. The molecule has 4 heteroatoms. The Morgan fingerprint density at radius 3 is 2.61 bits per heavy atom. The van der Waals surface area contributed by atoms with Crippen LogP contribution < -0.4 is 10.6 Å². The van der Waals surface area contributed by atoms with Gasteiger partial charge in [-0.05, 0) is 30.2 Å². The van der Waals surface area contributed by atoms with Gasteiger partial charge in [-0.25, -0.2) is 9.97 Å². The third kappa shape index (κ3) is 3.03. The number of anilines is 1. The van der Waals surface area contributed by atoms with Crippen molar-refractivity contribution in [3.8, 4) is 0 Å². The zero-order valence-corrected chi connectivity index (χ0v) is 13.8. The summed E-state index contributed by atoms with van der Waals surface area (Å²) in [5.74, 6) is 1.65. The van der Waals surface area contributed by atoms with Crippen molar-refractivity contribution >= 4 is 16.6 Å². The highest BCUT2D eigenvalue weighted by molar-refractivity contribution is 5.86. The van der Waals surface area contributed by atoms with Crippen LogP contribution in [0.3, 0.4) is 0 Å². The van der Waals surface area contributed by atoms with E-state index in [0.717, 1.165) is 17.3 Å². The summed E-state index contributed by atoms with van der Waals surface area (Å²) in [6.07, 6.45) is 0. The quantitative estimate of drug-likeness (QED) is 0.800. The Kier molecular flexibility index (Phi) is 4.26. The number of nitrogens with zero attached hydrogens (tertiary/aromatic N) is 3. The fourth-order valence-electron chi connectivity index (χ4n) is 2.92. The Labute approximate surface area is 137 Å². The number of aromatic nitrogens is 2. The lowest BCUT2D eigenvalue weighted by Gasteiger charge is -2.27. The summed E-state index contributed by atoms with van der Waals surface area (Å²) in [6.45, 7) is 4.52. The van der Waals surface area contributed by atoms with E-state index in [4.69, 9.17) is 5.73 Å². The Hall–Kier alpha value is -2.46. The van der Waals surface area contributed by atoms with Gasteiger partial charge < -0.3 is 10.6 Å². The normalized spacial score (nSPS) is 12.3. The minimum Gasteiger partial charge on any atom is -0.353 e. The van der Waals surface area contributed by atoms with Crippen LogP contribution in [0.2, 0.25) is 0 Å². The zero-order chi connectivity index (χ0) is 16.4. The number of fused-ring (bicyclic) bond motifs is 1. The molecule has 0 aliphatic heterocycles. The molecule has 0 aliphatic rings. The molecule has 2 aromatic carbocycles. The van der Waals surface area contributed by atoms with Gasteiger partial charge in [-0.3, -0.25) is 0 Å². The van der Waals surface area contributed by atoms with Crippen LogP contribution >= 0.6 is 0 Å². The predicted octanol–water partition coefficient (Wildman–Crippen LogP) is 3.59. The molecule has 1 atom stereocenters. The smallest absolute Gasteiger partial charge is 0.132 e. The van der Waals surface area contributed by atoms with Crippen molar-refractivity contribution in [3.05, 3.63) is 65.6 Å². The van der Waals surface area contributed by atoms with Gasteiger partial charge in [0.15, 0.2) is 0 Å². The molecule has 2 N–H and O–H groups in total. The summed E-state index contributed by atoms with van der Waals surface area (Å²) >= 11 is 0. The minimum absolute atomic E-state index is 0.195. The molecule has 0 unspecified atom stereocenters. The van der Waals surface area contributed by atoms with Gasteiger partial charge in [-0.1, -0.05) is 42.5 Å². The maximum absolute atomic E-state index is 5.74. The van der Waals surface area contributed by atoms with E-state index in [1.165, 1.54) is 16.3 Å². The Bertz CT molecular complexity index is 823. The fourth-order valence-corrected chi connectivity index (χ4v) is 2.92. The van der Waals surface area contributed by atoms with Gasteiger partial charge in [-0.2, -0.15) is 0 Å². The number of rotatable bonds is 4. The average Bonchev–Trinajstić information content (AvgIpc) is 2.59. The molecule has 0 saturated heterocycles. The van der Waals surface area contributed by atoms with Gasteiger partial charge in [0.25, 0.3) is 0 Å². The van der Waals surface area contributed by atoms with Crippen molar-refractivity contribution < 1.29 is 0 Å². The number of hydrogen-bond acceptors (Lipinski definition) is 4. The molecule has 3 rings (SSSR count). The van der Waals surface area contributed by atoms with Gasteiger partial charge >= 0.3 is 0 Å². The number of aryl methyl sites for hydroxylation is 1. The fraction of sp³-hybridized carbons (Fsp3) is 0.263.